The number of hydrogen-bond acceptors (Lipinski definition) is 6. The average Bonchev–Trinajstić information content (AvgIpc) is 3.08. The van der Waals surface area contributed by atoms with E-state index in [2.05, 4.69) is 9.97 Å². The molecule has 152 valence electrons. The third-order valence-corrected chi connectivity index (χ3v) is 7.97. The van der Waals surface area contributed by atoms with Crippen LogP contribution in [0, 0.1) is 0 Å². The van der Waals surface area contributed by atoms with Crippen LogP contribution in [-0.4, -0.2) is 65.8 Å². The fourth-order valence-corrected chi connectivity index (χ4v) is 6.00. The molecule has 3 aliphatic rings. The van der Waals surface area contributed by atoms with E-state index >= 15 is 0 Å². The summed E-state index contributed by atoms with van der Waals surface area (Å²) < 4.78 is 32.2. The second kappa shape index (κ2) is 7.16. The topological polar surface area (TPSA) is 92.7 Å². The predicted octanol–water partition coefficient (Wildman–Crippen LogP) is 1.40. The lowest BCUT2D eigenvalue weighted by Crippen LogP contribution is -2.42. The molecular weight excluding hydrogens is 392 g/mol. The molecule has 2 aromatic rings. The number of ether oxygens (including phenoxy) is 1. The fraction of sp³-hybridized carbons (Fsp3) is 0.450. The number of benzene rings is 1. The number of sulfonamides is 1. The molecule has 2 fully saturated rings. The van der Waals surface area contributed by atoms with E-state index in [1.54, 1.807) is 18.5 Å². The normalized spacial score (nSPS) is 24.3. The van der Waals surface area contributed by atoms with Gasteiger partial charge in [0.25, 0.3) is 5.91 Å². The zero-order chi connectivity index (χ0) is 20.0. The molecule has 0 unspecified atom stereocenters. The minimum atomic E-state index is -3.57. The van der Waals surface area contributed by atoms with Gasteiger partial charge in [0.05, 0.1) is 29.8 Å². The van der Waals surface area contributed by atoms with Crippen molar-refractivity contribution in [2.45, 2.75) is 36.2 Å². The van der Waals surface area contributed by atoms with E-state index in [-0.39, 0.29) is 22.9 Å². The van der Waals surface area contributed by atoms with Gasteiger partial charge < -0.3 is 9.64 Å². The van der Waals surface area contributed by atoms with Gasteiger partial charge in [-0.2, -0.15) is 4.31 Å². The van der Waals surface area contributed by atoms with Crippen LogP contribution in [0.4, 0.5) is 0 Å². The Morgan fingerprint density at radius 2 is 1.86 bits per heavy atom. The van der Waals surface area contributed by atoms with Gasteiger partial charge in [-0.05, 0) is 37.1 Å². The van der Waals surface area contributed by atoms with Crippen LogP contribution >= 0.6 is 0 Å². The summed E-state index contributed by atoms with van der Waals surface area (Å²) in [5, 5.41) is 0. The lowest BCUT2D eigenvalue weighted by Gasteiger charge is -2.35. The number of aromatic nitrogens is 2. The molecule has 4 heterocycles. The van der Waals surface area contributed by atoms with Crippen molar-refractivity contribution >= 4 is 15.9 Å². The van der Waals surface area contributed by atoms with E-state index in [1.165, 1.54) is 16.4 Å². The Bertz CT molecular complexity index is 1030. The van der Waals surface area contributed by atoms with E-state index in [0.29, 0.717) is 31.9 Å². The van der Waals surface area contributed by atoms with Gasteiger partial charge in [-0.1, -0.05) is 0 Å². The average molecular weight is 414 g/mol. The fourth-order valence-electron chi connectivity index (χ4n) is 4.59. The largest absolute Gasteiger partial charge is 0.379 e. The summed E-state index contributed by atoms with van der Waals surface area (Å²) in [4.78, 5) is 23.9. The van der Waals surface area contributed by atoms with E-state index in [9.17, 15) is 13.2 Å². The van der Waals surface area contributed by atoms with Gasteiger partial charge in [-0.15, -0.1) is 0 Å². The molecule has 2 atom stereocenters. The van der Waals surface area contributed by atoms with Gasteiger partial charge in [0.2, 0.25) is 10.0 Å². The van der Waals surface area contributed by atoms with Crippen LogP contribution in [0.15, 0.2) is 41.7 Å². The van der Waals surface area contributed by atoms with Crippen molar-refractivity contribution in [1.29, 1.82) is 0 Å². The number of amides is 1. The van der Waals surface area contributed by atoms with Crippen LogP contribution in [0.1, 0.15) is 40.5 Å². The second-order valence-corrected chi connectivity index (χ2v) is 9.57. The highest BCUT2D eigenvalue weighted by atomic mass is 32.2. The van der Waals surface area contributed by atoms with Crippen molar-refractivity contribution in [2.24, 2.45) is 0 Å². The maximum Gasteiger partial charge on any atom is 0.254 e. The first kappa shape index (κ1) is 18.7. The minimum Gasteiger partial charge on any atom is -0.379 e. The Kier molecular flexibility index (Phi) is 4.60. The summed E-state index contributed by atoms with van der Waals surface area (Å²) in [7, 11) is -3.57. The van der Waals surface area contributed by atoms with Gasteiger partial charge in [0, 0.05) is 42.9 Å². The number of fused-ring (bicyclic) bond motifs is 4. The molecule has 0 spiro atoms. The smallest absolute Gasteiger partial charge is 0.254 e. The van der Waals surface area contributed by atoms with Crippen LogP contribution in [0.25, 0.3) is 0 Å². The molecule has 0 radical (unpaired) electrons. The Hall–Kier alpha value is -2.36. The van der Waals surface area contributed by atoms with Crippen molar-refractivity contribution in [3.8, 4) is 0 Å². The number of rotatable bonds is 3. The van der Waals surface area contributed by atoms with Gasteiger partial charge >= 0.3 is 0 Å². The summed E-state index contributed by atoms with van der Waals surface area (Å²) in [6.07, 6.45) is 5.95. The number of carbonyl (C=O) groups is 1. The lowest BCUT2D eigenvalue weighted by atomic mass is 9.98. The van der Waals surface area contributed by atoms with Crippen molar-refractivity contribution < 1.29 is 17.9 Å². The second-order valence-electron chi connectivity index (χ2n) is 7.63. The van der Waals surface area contributed by atoms with Gasteiger partial charge in [-0.25, -0.2) is 18.4 Å². The van der Waals surface area contributed by atoms with E-state index in [4.69, 9.17) is 4.74 Å². The standard InChI is InChI=1S/C20H22N4O4S/c25-20(24-15-3-6-19(24)17-12-21-13-22-18(17)11-15)14-1-4-16(5-2-14)29(26,27)23-7-9-28-10-8-23/h1-2,4-5,12-13,15,19H,3,6-11H2/t15-,19-/m0/s1. The Labute approximate surface area is 169 Å². The Morgan fingerprint density at radius 1 is 1.10 bits per heavy atom. The first-order valence-electron chi connectivity index (χ1n) is 9.85. The number of morpholine rings is 1. The molecular formula is C20H22N4O4S. The Morgan fingerprint density at radius 3 is 2.62 bits per heavy atom. The van der Waals surface area contributed by atoms with Crippen molar-refractivity contribution in [3.05, 3.63) is 53.6 Å². The number of carbonyl (C=O) groups excluding carboxylic acids is 1. The molecule has 2 bridgehead atoms. The van der Waals surface area contributed by atoms with Crippen LogP contribution in [0.2, 0.25) is 0 Å². The molecule has 2 saturated heterocycles. The third-order valence-electron chi connectivity index (χ3n) is 6.06. The highest BCUT2D eigenvalue weighted by Crippen LogP contribution is 2.43. The van der Waals surface area contributed by atoms with E-state index in [0.717, 1.165) is 30.5 Å². The molecule has 1 aromatic heterocycles. The summed E-state index contributed by atoms with van der Waals surface area (Å²) in [6, 6.07) is 6.42. The quantitative estimate of drug-likeness (QED) is 0.754. The molecule has 0 N–H and O–H groups in total. The highest BCUT2D eigenvalue weighted by molar-refractivity contribution is 7.89. The molecule has 29 heavy (non-hydrogen) atoms. The summed E-state index contributed by atoms with van der Waals surface area (Å²) >= 11 is 0. The third kappa shape index (κ3) is 3.13. The van der Waals surface area contributed by atoms with Crippen LogP contribution in [0.5, 0.6) is 0 Å². The van der Waals surface area contributed by atoms with Crippen molar-refractivity contribution in [2.75, 3.05) is 26.3 Å². The predicted molar refractivity (Wildman–Crippen MR) is 104 cm³/mol. The molecule has 0 saturated carbocycles. The maximum atomic E-state index is 13.2. The van der Waals surface area contributed by atoms with E-state index < -0.39 is 10.0 Å². The maximum absolute atomic E-state index is 13.2. The van der Waals surface area contributed by atoms with Gasteiger partial charge in [0.1, 0.15) is 6.33 Å². The number of nitrogens with zero attached hydrogens (tertiary/aromatic N) is 4. The first-order chi connectivity index (χ1) is 14.1. The van der Waals surface area contributed by atoms with Crippen molar-refractivity contribution in [1.82, 2.24) is 19.2 Å². The minimum absolute atomic E-state index is 0.00536. The highest BCUT2D eigenvalue weighted by Gasteiger charge is 2.43. The SMILES string of the molecule is O=C(c1ccc(S(=O)(=O)N2CCOCC2)cc1)N1[C@H]2CC[C@H]1c1cncnc1C2. The van der Waals surface area contributed by atoms with Gasteiger partial charge in [0.15, 0.2) is 0 Å². The first-order valence-corrected chi connectivity index (χ1v) is 11.3. The molecule has 0 aliphatic carbocycles. The summed E-state index contributed by atoms with van der Waals surface area (Å²) in [5.41, 5.74) is 2.56. The molecule has 1 aromatic carbocycles. The number of hydrogen-bond donors (Lipinski definition) is 0. The molecule has 3 aliphatic heterocycles. The molecule has 9 heteroatoms. The summed E-state index contributed by atoms with van der Waals surface area (Å²) in [5.74, 6) is -0.0673. The lowest BCUT2D eigenvalue weighted by molar-refractivity contribution is 0.0643. The van der Waals surface area contributed by atoms with Crippen molar-refractivity contribution in [3.63, 3.8) is 0 Å². The Balaban J connectivity index is 1.39. The monoisotopic (exact) mass is 414 g/mol. The molecule has 8 nitrogen and oxygen atoms in total. The van der Waals surface area contributed by atoms with Gasteiger partial charge in [-0.3, -0.25) is 4.79 Å². The zero-order valence-electron chi connectivity index (χ0n) is 15.9. The van der Waals surface area contributed by atoms with Crippen LogP contribution in [0.3, 0.4) is 0 Å². The van der Waals surface area contributed by atoms with Crippen LogP contribution < -0.4 is 0 Å². The molecule has 1 amide bonds. The zero-order valence-corrected chi connectivity index (χ0v) is 16.7. The molecule has 5 rings (SSSR count). The van der Waals surface area contributed by atoms with Crippen LogP contribution in [-0.2, 0) is 21.2 Å². The van der Waals surface area contributed by atoms with E-state index in [1.807, 2.05) is 11.1 Å². The summed E-state index contributed by atoms with van der Waals surface area (Å²) in [6.45, 7) is 1.50.